The van der Waals surface area contributed by atoms with E-state index >= 15 is 0 Å². The Morgan fingerprint density at radius 3 is 2.48 bits per heavy atom. The molecule has 4 N–H and O–H groups in total. The first-order valence-electron chi connectivity index (χ1n) is 9.24. The third-order valence-electron chi connectivity index (χ3n) is 5.43. The highest BCUT2D eigenvalue weighted by Gasteiger charge is 2.35. The average molecular weight is 373 g/mol. The molecule has 0 bridgehead atoms. The van der Waals surface area contributed by atoms with Gasteiger partial charge in [0, 0.05) is 17.5 Å². The molecule has 1 heterocycles. The summed E-state index contributed by atoms with van der Waals surface area (Å²) in [5.74, 6) is -1.41. The molecule has 6 heteroatoms. The summed E-state index contributed by atoms with van der Waals surface area (Å²) in [7, 11) is 0. The number of hydrogen-bond donors (Lipinski definition) is 3. The molecule has 0 saturated heterocycles. The lowest BCUT2D eigenvalue weighted by Gasteiger charge is -2.38. The summed E-state index contributed by atoms with van der Waals surface area (Å²) in [4.78, 5) is 3.10. The Bertz CT molecular complexity index is 959. The van der Waals surface area contributed by atoms with E-state index in [9.17, 15) is 13.2 Å². The van der Waals surface area contributed by atoms with Crippen molar-refractivity contribution in [3.63, 3.8) is 0 Å². The first kappa shape index (κ1) is 18.1. The monoisotopic (exact) mass is 373 g/mol. The Morgan fingerprint density at radius 1 is 1.11 bits per heavy atom. The Labute approximate surface area is 155 Å². The number of aromatic nitrogens is 1. The maximum absolute atomic E-state index is 14.3. The number of hydrogen-bond acceptors (Lipinski definition) is 2. The largest absolute Gasteiger partial charge is 0.352 e. The Kier molecular flexibility index (Phi) is 4.70. The fourth-order valence-corrected chi connectivity index (χ4v) is 3.92. The van der Waals surface area contributed by atoms with Crippen LogP contribution in [0.2, 0.25) is 0 Å². The minimum atomic E-state index is -0.624. The third-order valence-corrected chi connectivity index (χ3v) is 5.43. The molecule has 3 aromatic rings. The van der Waals surface area contributed by atoms with Crippen molar-refractivity contribution in [2.45, 2.75) is 44.3 Å². The van der Waals surface area contributed by atoms with Crippen LogP contribution in [-0.2, 0) is 0 Å². The van der Waals surface area contributed by atoms with Crippen molar-refractivity contribution < 1.29 is 13.2 Å². The minimum absolute atomic E-state index is 0.0506. The molecule has 2 aromatic carbocycles. The topological polar surface area (TPSA) is 53.8 Å². The Balaban J connectivity index is 1.76. The number of benzene rings is 2. The van der Waals surface area contributed by atoms with Crippen LogP contribution in [0.25, 0.3) is 22.2 Å². The molecule has 27 heavy (non-hydrogen) atoms. The van der Waals surface area contributed by atoms with E-state index in [4.69, 9.17) is 5.73 Å². The van der Waals surface area contributed by atoms with Crippen LogP contribution < -0.4 is 11.1 Å². The second-order valence-corrected chi connectivity index (χ2v) is 7.28. The van der Waals surface area contributed by atoms with Crippen molar-refractivity contribution in [3.05, 3.63) is 59.4 Å². The van der Waals surface area contributed by atoms with Crippen LogP contribution in [0.15, 0.2) is 36.4 Å². The predicted octanol–water partition coefficient (Wildman–Crippen LogP) is 4.78. The SMILES string of the molecule is CCC(N)NC1CC(c2c(-c3ccc(F)cc3)[nH]c3c(F)cc(F)cc23)C1. The molecule has 1 fully saturated rings. The summed E-state index contributed by atoms with van der Waals surface area (Å²) < 4.78 is 41.6. The van der Waals surface area contributed by atoms with Crippen molar-refractivity contribution in [2.24, 2.45) is 5.73 Å². The molecule has 142 valence electrons. The van der Waals surface area contributed by atoms with Crippen molar-refractivity contribution >= 4 is 10.9 Å². The molecule has 0 radical (unpaired) electrons. The predicted molar refractivity (Wildman–Crippen MR) is 101 cm³/mol. The summed E-state index contributed by atoms with van der Waals surface area (Å²) in [6, 6.07) is 8.57. The zero-order chi connectivity index (χ0) is 19.1. The zero-order valence-electron chi connectivity index (χ0n) is 15.0. The number of H-pyrrole nitrogens is 1. The fourth-order valence-electron chi connectivity index (χ4n) is 3.92. The normalized spacial score (nSPS) is 20.6. The van der Waals surface area contributed by atoms with Crippen LogP contribution in [0.3, 0.4) is 0 Å². The molecule has 3 nitrogen and oxygen atoms in total. The number of fused-ring (bicyclic) bond motifs is 1. The fraction of sp³-hybridized carbons (Fsp3) is 0.333. The second kappa shape index (κ2) is 7.02. The minimum Gasteiger partial charge on any atom is -0.352 e. The lowest BCUT2D eigenvalue weighted by molar-refractivity contribution is 0.265. The molecule has 1 atom stereocenters. The maximum Gasteiger partial charge on any atom is 0.150 e. The summed E-state index contributed by atoms with van der Waals surface area (Å²) in [5, 5.41) is 3.92. The van der Waals surface area contributed by atoms with Gasteiger partial charge in [-0.1, -0.05) is 6.92 Å². The Hall–Kier alpha value is -2.31. The van der Waals surface area contributed by atoms with Gasteiger partial charge in [-0.3, -0.25) is 5.32 Å². The van der Waals surface area contributed by atoms with E-state index in [1.165, 1.54) is 18.2 Å². The number of aromatic amines is 1. The quantitative estimate of drug-likeness (QED) is 0.564. The van der Waals surface area contributed by atoms with Crippen LogP contribution in [0.5, 0.6) is 0 Å². The molecule has 0 amide bonds. The summed E-state index contributed by atoms with van der Waals surface area (Å²) in [6.45, 7) is 2.02. The molecule has 1 aromatic heterocycles. The van der Waals surface area contributed by atoms with Gasteiger partial charge in [-0.25, -0.2) is 13.2 Å². The molecule has 0 spiro atoms. The lowest BCUT2D eigenvalue weighted by Crippen LogP contribution is -2.49. The first-order chi connectivity index (χ1) is 13.0. The van der Waals surface area contributed by atoms with Gasteiger partial charge in [0.15, 0.2) is 0 Å². The van der Waals surface area contributed by atoms with Crippen molar-refractivity contribution in [1.82, 2.24) is 10.3 Å². The van der Waals surface area contributed by atoms with Gasteiger partial charge < -0.3 is 10.7 Å². The maximum atomic E-state index is 14.3. The van der Waals surface area contributed by atoms with Gasteiger partial charge in [-0.15, -0.1) is 0 Å². The van der Waals surface area contributed by atoms with E-state index < -0.39 is 11.6 Å². The van der Waals surface area contributed by atoms with Crippen molar-refractivity contribution in [2.75, 3.05) is 0 Å². The van der Waals surface area contributed by atoms with E-state index in [-0.39, 0.29) is 29.5 Å². The number of halogens is 3. The number of rotatable bonds is 5. The van der Waals surface area contributed by atoms with Gasteiger partial charge >= 0.3 is 0 Å². The third kappa shape index (κ3) is 3.35. The Morgan fingerprint density at radius 2 is 1.81 bits per heavy atom. The number of nitrogens with one attached hydrogen (secondary N) is 2. The van der Waals surface area contributed by atoms with Crippen LogP contribution in [0.4, 0.5) is 13.2 Å². The van der Waals surface area contributed by atoms with E-state index in [1.807, 2.05) is 6.92 Å². The standard InChI is InChI=1S/C21H22F3N3/c1-2-18(25)26-15-7-12(8-15)19-16-9-14(23)10-17(24)21(16)27-20(19)11-3-5-13(22)6-4-11/h3-6,9-10,12,15,18,26-27H,2,7-8,25H2,1H3. The highest BCUT2D eigenvalue weighted by atomic mass is 19.1. The van der Waals surface area contributed by atoms with Gasteiger partial charge in [0.25, 0.3) is 0 Å². The number of nitrogens with two attached hydrogens (primary N) is 1. The summed E-state index contributed by atoms with van der Waals surface area (Å²) in [5.41, 5.74) is 8.61. The van der Waals surface area contributed by atoms with E-state index in [0.717, 1.165) is 42.1 Å². The van der Waals surface area contributed by atoms with Gasteiger partial charge in [-0.05, 0) is 66.6 Å². The van der Waals surface area contributed by atoms with Gasteiger partial charge in [0.1, 0.15) is 17.5 Å². The van der Waals surface area contributed by atoms with Crippen LogP contribution in [0, 0.1) is 17.5 Å². The molecule has 4 rings (SSSR count). The smallest absolute Gasteiger partial charge is 0.150 e. The van der Waals surface area contributed by atoms with E-state index in [1.54, 1.807) is 12.1 Å². The summed E-state index contributed by atoms with van der Waals surface area (Å²) >= 11 is 0. The second-order valence-electron chi connectivity index (χ2n) is 7.28. The molecule has 1 unspecified atom stereocenters. The highest BCUT2D eigenvalue weighted by Crippen LogP contribution is 2.45. The summed E-state index contributed by atoms with van der Waals surface area (Å²) in [6.07, 6.45) is 2.47. The molecule has 0 aliphatic heterocycles. The van der Waals surface area contributed by atoms with Gasteiger partial charge in [0.05, 0.1) is 17.4 Å². The van der Waals surface area contributed by atoms with Crippen LogP contribution in [-0.4, -0.2) is 17.2 Å². The van der Waals surface area contributed by atoms with Crippen LogP contribution in [0.1, 0.15) is 37.7 Å². The highest BCUT2D eigenvalue weighted by molar-refractivity contribution is 5.92. The van der Waals surface area contributed by atoms with E-state index in [0.29, 0.717) is 5.39 Å². The van der Waals surface area contributed by atoms with Gasteiger partial charge in [0.2, 0.25) is 0 Å². The van der Waals surface area contributed by atoms with Crippen LogP contribution >= 0.6 is 0 Å². The van der Waals surface area contributed by atoms with Crippen molar-refractivity contribution in [3.8, 4) is 11.3 Å². The zero-order valence-corrected chi connectivity index (χ0v) is 15.0. The lowest BCUT2D eigenvalue weighted by atomic mass is 9.74. The molecule has 1 saturated carbocycles. The molecule has 1 aliphatic carbocycles. The molecular weight excluding hydrogens is 351 g/mol. The average Bonchev–Trinajstić information content (AvgIpc) is 2.97. The molecular formula is C21H22F3N3. The van der Waals surface area contributed by atoms with Gasteiger partial charge in [-0.2, -0.15) is 0 Å². The molecule has 1 aliphatic rings. The first-order valence-corrected chi connectivity index (χ1v) is 9.24. The van der Waals surface area contributed by atoms with Crippen molar-refractivity contribution in [1.29, 1.82) is 0 Å². The van der Waals surface area contributed by atoms with E-state index in [2.05, 4.69) is 10.3 Å².